The van der Waals surface area contributed by atoms with E-state index >= 15 is 0 Å². The van der Waals surface area contributed by atoms with Gasteiger partial charge in [-0.2, -0.15) is 9.50 Å². The number of aromatic nitrogens is 3. The molecule has 4 aromatic rings. The summed E-state index contributed by atoms with van der Waals surface area (Å²) in [6.07, 6.45) is 1.88. The molecule has 4 nitrogen and oxygen atoms in total. The molecule has 0 spiro atoms. The number of rotatable bonds is 2. The van der Waals surface area contributed by atoms with Crippen molar-refractivity contribution in [1.29, 1.82) is 0 Å². The van der Waals surface area contributed by atoms with Gasteiger partial charge < -0.3 is 0 Å². The number of thiazole rings is 1. The fourth-order valence-electron chi connectivity index (χ4n) is 2.82. The molecule has 0 amide bonds. The Bertz CT molecular complexity index is 1230. The minimum absolute atomic E-state index is 0.102. The van der Waals surface area contributed by atoms with Crippen LogP contribution in [0, 0.1) is 0 Å². The summed E-state index contributed by atoms with van der Waals surface area (Å²) >= 11 is 7.53. The highest BCUT2D eigenvalue weighted by molar-refractivity contribution is 7.15. The van der Waals surface area contributed by atoms with Crippen LogP contribution in [0.25, 0.3) is 22.4 Å². The van der Waals surface area contributed by atoms with Crippen molar-refractivity contribution in [2.45, 2.75) is 26.2 Å². The normalized spacial score (nSPS) is 12.8. The Morgan fingerprint density at radius 2 is 1.78 bits per heavy atom. The Balaban J connectivity index is 1.75. The van der Waals surface area contributed by atoms with Gasteiger partial charge in [0.1, 0.15) is 0 Å². The summed E-state index contributed by atoms with van der Waals surface area (Å²) in [5.74, 6) is 0.463. The van der Waals surface area contributed by atoms with Crippen LogP contribution in [0.3, 0.4) is 0 Å². The van der Waals surface area contributed by atoms with Crippen LogP contribution in [0.2, 0.25) is 5.02 Å². The van der Waals surface area contributed by atoms with Crippen LogP contribution >= 0.6 is 22.9 Å². The summed E-state index contributed by atoms with van der Waals surface area (Å²) in [5, 5.41) is 4.91. The lowest BCUT2D eigenvalue weighted by Crippen LogP contribution is -2.23. The van der Waals surface area contributed by atoms with Crippen LogP contribution in [0.4, 0.5) is 0 Å². The molecule has 0 radical (unpaired) electrons. The number of hydrogen-bond donors (Lipinski definition) is 0. The van der Waals surface area contributed by atoms with Gasteiger partial charge in [0.2, 0.25) is 4.96 Å². The average molecular weight is 396 g/mol. The maximum atomic E-state index is 12.7. The molecule has 2 aromatic carbocycles. The lowest BCUT2D eigenvalue weighted by molar-refractivity contribution is 0.590. The predicted molar refractivity (Wildman–Crippen MR) is 112 cm³/mol. The van der Waals surface area contributed by atoms with Crippen molar-refractivity contribution in [3.63, 3.8) is 0 Å². The van der Waals surface area contributed by atoms with E-state index in [2.05, 4.69) is 43.0 Å². The summed E-state index contributed by atoms with van der Waals surface area (Å²) < 4.78 is 1.96. The Labute approximate surface area is 165 Å². The van der Waals surface area contributed by atoms with E-state index in [0.717, 1.165) is 11.1 Å². The Kier molecular flexibility index (Phi) is 4.36. The molecule has 136 valence electrons. The number of fused-ring (bicyclic) bond motifs is 1. The number of halogens is 1. The van der Waals surface area contributed by atoms with E-state index in [1.165, 1.54) is 21.4 Å². The maximum absolute atomic E-state index is 12.7. The van der Waals surface area contributed by atoms with Crippen molar-refractivity contribution in [1.82, 2.24) is 14.6 Å². The summed E-state index contributed by atoms with van der Waals surface area (Å²) in [4.78, 5) is 17.7. The largest absolute Gasteiger partial charge is 0.291 e. The van der Waals surface area contributed by atoms with E-state index in [0.29, 0.717) is 20.3 Å². The molecule has 0 atom stereocenters. The maximum Gasteiger partial charge on any atom is 0.291 e. The van der Waals surface area contributed by atoms with Crippen LogP contribution in [-0.4, -0.2) is 14.6 Å². The molecule has 27 heavy (non-hydrogen) atoms. The first kappa shape index (κ1) is 17.9. The van der Waals surface area contributed by atoms with Gasteiger partial charge in [-0.05, 0) is 34.8 Å². The minimum atomic E-state index is -0.166. The van der Waals surface area contributed by atoms with E-state index in [1.54, 1.807) is 6.07 Å². The lowest BCUT2D eigenvalue weighted by atomic mass is 9.87. The first-order valence-electron chi connectivity index (χ1n) is 8.60. The van der Waals surface area contributed by atoms with Gasteiger partial charge in [0.25, 0.3) is 5.56 Å². The smallest absolute Gasteiger partial charge is 0.266 e. The van der Waals surface area contributed by atoms with Gasteiger partial charge in [-0.1, -0.05) is 80.1 Å². The molecule has 6 heteroatoms. The summed E-state index contributed by atoms with van der Waals surface area (Å²) in [5.41, 5.74) is 2.90. The fourth-order valence-corrected chi connectivity index (χ4v) is 3.95. The van der Waals surface area contributed by atoms with Gasteiger partial charge in [-0.15, -0.1) is 5.10 Å². The van der Waals surface area contributed by atoms with Gasteiger partial charge in [0.05, 0.1) is 9.55 Å². The number of nitrogens with zero attached hydrogens (tertiary/aromatic N) is 3. The number of hydrogen-bond acceptors (Lipinski definition) is 4. The minimum Gasteiger partial charge on any atom is -0.266 e. The number of benzene rings is 2. The van der Waals surface area contributed by atoms with Crippen molar-refractivity contribution in [2.24, 2.45) is 0 Å². The highest BCUT2D eigenvalue weighted by Gasteiger charge is 2.14. The SMILES string of the molecule is CC(C)(C)c1ccc(/C=c2/sc3nc(-c4ccccc4Cl)nn3c2=O)cc1. The quantitative estimate of drug-likeness (QED) is 0.508. The highest BCUT2D eigenvalue weighted by Crippen LogP contribution is 2.25. The summed E-state index contributed by atoms with van der Waals surface area (Å²) in [7, 11) is 0. The molecule has 0 unspecified atom stereocenters. The van der Waals surface area contributed by atoms with Crippen LogP contribution in [0.1, 0.15) is 31.9 Å². The van der Waals surface area contributed by atoms with E-state index in [-0.39, 0.29) is 11.0 Å². The average Bonchev–Trinajstić information content (AvgIpc) is 3.15. The van der Waals surface area contributed by atoms with Gasteiger partial charge in [0.15, 0.2) is 5.82 Å². The summed E-state index contributed by atoms with van der Waals surface area (Å²) in [6, 6.07) is 15.6. The topological polar surface area (TPSA) is 47.3 Å². The lowest BCUT2D eigenvalue weighted by Gasteiger charge is -2.18. The zero-order chi connectivity index (χ0) is 19.2. The first-order valence-corrected chi connectivity index (χ1v) is 9.79. The van der Waals surface area contributed by atoms with Crippen molar-refractivity contribution >= 4 is 34.0 Å². The van der Waals surface area contributed by atoms with E-state index in [4.69, 9.17) is 11.6 Å². The second-order valence-corrected chi connectivity index (χ2v) is 8.81. The molecule has 0 N–H and O–H groups in total. The summed E-state index contributed by atoms with van der Waals surface area (Å²) in [6.45, 7) is 6.54. The van der Waals surface area contributed by atoms with Crippen molar-refractivity contribution < 1.29 is 0 Å². The van der Waals surface area contributed by atoms with Crippen LogP contribution < -0.4 is 10.1 Å². The molecule has 0 fully saturated rings. The zero-order valence-electron chi connectivity index (χ0n) is 15.2. The standard InChI is InChI=1S/C21H18ClN3OS/c1-21(2,3)14-10-8-13(9-11-14)12-17-19(26)25-20(27-17)23-18(24-25)15-6-4-5-7-16(15)22/h4-12H,1-3H3/b17-12+. The third-order valence-electron chi connectivity index (χ3n) is 4.37. The van der Waals surface area contributed by atoms with Crippen LogP contribution in [0.5, 0.6) is 0 Å². The third-order valence-corrected chi connectivity index (χ3v) is 5.66. The van der Waals surface area contributed by atoms with Gasteiger partial charge in [-0.25, -0.2) is 0 Å². The fraction of sp³-hybridized carbons (Fsp3) is 0.190. The van der Waals surface area contributed by atoms with Crippen molar-refractivity contribution in [3.05, 3.63) is 79.6 Å². The monoisotopic (exact) mass is 395 g/mol. The molecule has 4 rings (SSSR count). The molecule has 0 aliphatic carbocycles. The Morgan fingerprint density at radius 1 is 1.07 bits per heavy atom. The molecule has 0 saturated heterocycles. The molecule has 0 aliphatic rings. The van der Waals surface area contributed by atoms with Gasteiger partial charge in [0, 0.05) is 5.56 Å². The molecule has 0 saturated carbocycles. The molecule has 0 bridgehead atoms. The Morgan fingerprint density at radius 3 is 2.41 bits per heavy atom. The van der Waals surface area contributed by atoms with E-state index in [9.17, 15) is 4.79 Å². The molecular formula is C21H18ClN3OS. The van der Waals surface area contributed by atoms with Gasteiger partial charge in [-0.3, -0.25) is 4.79 Å². The molecule has 0 aliphatic heterocycles. The zero-order valence-corrected chi connectivity index (χ0v) is 16.8. The molecule has 2 heterocycles. The van der Waals surface area contributed by atoms with E-state index < -0.39 is 0 Å². The second kappa shape index (κ2) is 6.59. The molecular weight excluding hydrogens is 378 g/mol. The van der Waals surface area contributed by atoms with Crippen molar-refractivity contribution in [2.75, 3.05) is 0 Å². The third kappa shape index (κ3) is 3.40. The second-order valence-electron chi connectivity index (χ2n) is 7.40. The van der Waals surface area contributed by atoms with Crippen LogP contribution in [0.15, 0.2) is 53.3 Å². The first-order chi connectivity index (χ1) is 12.8. The Hall–Kier alpha value is -2.50. The highest BCUT2D eigenvalue weighted by atomic mass is 35.5. The van der Waals surface area contributed by atoms with Gasteiger partial charge >= 0.3 is 0 Å². The van der Waals surface area contributed by atoms with Crippen LogP contribution in [-0.2, 0) is 5.41 Å². The van der Waals surface area contributed by atoms with E-state index in [1.807, 2.05) is 36.4 Å². The molecule has 2 aromatic heterocycles. The predicted octanol–water partition coefficient (Wildman–Crippen LogP) is 4.32. The van der Waals surface area contributed by atoms with Crippen molar-refractivity contribution in [3.8, 4) is 11.4 Å².